The van der Waals surface area contributed by atoms with Crippen molar-refractivity contribution in [1.29, 1.82) is 0 Å². The molecule has 132 valence electrons. The van der Waals surface area contributed by atoms with E-state index in [1.165, 1.54) is 25.3 Å². The Labute approximate surface area is 145 Å². The Kier molecular flexibility index (Phi) is 5.75. The number of halogens is 1. The lowest BCUT2D eigenvalue weighted by atomic mass is 10.0. The van der Waals surface area contributed by atoms with E-state index in [9.17, 15) is 19.1 Å². The molecule has 0 fully saturated rings. The predicted octanol–water partition coefficient (Wildman–Crippen LogP) is 2.94. The molecule has 0 aliphatic rings. The van der Waals surface area contributed by atoms with Gasteiger partial charge in [0, 0.05) is 5.56 Å². The molecule has 0 heterocycles. The van der Waals surface area contributed by atoms with Gasteiger partial charge in [0.1, 0.15) is 11.6 Å². The van der Waals surface area contributed by atoms with Gasteiger partial charge >= 0.3 is 5.97 Å². The van der Waals surface area contributed by atoms with Crippen LogP contribution in [0.3, 0.4) is 0 Å². The predicted molar refractivity (Wildman–Crippen MR) is 91.1 cm³/mol. The number of methoxy groups -OCH3 is 1. The standard InChI is InChI=1S/C19H20FNO4/c1-11-4-5-13(8-12(11)2)18(19(23)24)21-17(22)10-14-9-15(20)6-7-16(14)25-3/h4-9,18H,10H2,1-3H3,(H,21,22)(H,23,24). The first-order valence-corrected chi connectivity index (χ1v) is 7.73. The highest BCUT2D eigenvalue weighted by molar-refractivity contribution is 5.86. The van der Waals surface area contributed by atoms with Crippen LogP contribution in [0.25, 0.3) is 0 Å². The molecule has 25 heavy (non-hydrogen) atoms. The van der Waals surface area contributed by atoms with Gasteiger partial charge in [0.2, 0.25) is 5.91 Å². The Morgan fingerprint density at radius 1 is 1.16 bits per heavy atom. The fourth-order valence-corrected chi connectivity index (χ4v) is 2.50. The summed E-state index contributed by atoms with van der Waals surface area (Å²) < 4.78 is 18.5. The number of carboxylic acids is 1. The number of carbonyl (C=O) groups is 2. The van der Waals surface area contributed by atoms with E-state index < -0.39 is 23.7 Å². The number of rotatable bonds is 6. The lowest BCUT2D eigenvalue weighted by Crippen LogP contribution is -2.34. The van der Waals surface area contributed by atoms with Crippen LogP contribution in [-0.4, -0.2) is 24.1 Å². The number of carboxylic acid groups (broad SMARTS) is 1. The van der Waals surface area contributed by atoms with Crippen LogP contribution < -0.4 is 10.1 Å². The summed E-state index contributed by atoms with van der Waals surface area (Å²) in [5.41, 5.74) is 2.80. The third-order valence-electron chi connectivity index (χ3n) is 4.01. The average molecular weight is 345 g/mol. The Hall–Kier alpha value is -2.89. The second-order valence-electron chi connectivity index (χ2n) is 5.82. The van der Waals surface area contributed by atoms with Gasteiger partial charge in [-0.25, -0.2) is 9.18 Å². The van der Waals surface area contributed by atoms with Gasteiger partial charge < -0.3 is 15.2 Å². The number of aryl methyl sites for hydroxylation is 2. The molecule has 0 aromatic heterocycles. The molecule has 2 N–H and O–H groups in total. The molecule has 0 bridgehead atoms. The van der Waals surface area contributed by atoms with Crippen molar-refractivity contribution >= 4 is 11.9 Å². The zero-order valence-corrected chi connectivity index (χ0v) is 14.3. The minimum Gasteiger partial charge on any atom is -0.496 e. The summed E-state index contributed by atoms with van der Waals surface area (Å²) in [4.78, 5) is 23.8. The summed E-state index contributed by atoms with van der Waals surface area (Å²) in [6.45, 7) is 3.79. The molecule has 0 aliphatic carbocycles. The topological polar surface area (TPSA) is 75.6 Å². The molecule has 2 aromatic rings. The molecule has 1 atom stereocenters. The smallest absolute Gasteiger partial charge is 0.330 e. The quantitative estimate of drug-likeness (QED) is 0.844. The van der Waals surface area contributed by atoms with E-state index in [0.29, 0.717) is 16.9 Å². The third-order valence-corrected chi connectivity index (χ3v) is 4.01. The Morgan fingerprint density at radius 3 is 2.48 bits per heavy atom. The Bertz CT molecular complexity index is 804. The molecule has 1 unspecified atom stereocenters. The van der Waals surface area contributed by atoms with Crippen LogP contribution in [0.4, 0.5) is 4.39 Å². The SMILES string of the molecule is COc1ccc(F)cc1CC(=O)NC(C(=O)O)c1ccc(C)c(C)c1. The summed E-state index contributed by atoms with van der Waals surface area (Å²) in [7, 11) is 1.42. The van der Waals surface area contributed by atoms with Crippen molar-refractivity contribution in [2.24, 2.45) is 0 Å². The van der Waals surface area contributed by atoms with E-state index in [1.807, 2.05) is 19.9 Å². The molecule has 1 amide bonds. The molecule has 2 rings (SSSR count). The molecule has 0 saturated heterocycles. The first-order chi connectivity index (χ1) is 11.8. The van der Waals surface area contributed by atoms with Gasteiger partial charge in [-0.15, -0.1) is 0 Å². The van der Waals surface area contributed by atoms with Crippen LogP contribution >= 0.6 is 0 Å². The summed E-state index contributed by atoms with van der Waals surface area (Å²) >= 11 is 0. The van der Waals surface area contributed by atoms with Crippen LogP contribution in [0.1, 0.15) is 28.3 Å². The lowest BCUT2D eigenvalue weighted by Gasteiger charge is -2.17. The van der Waals surface area contributed by atoms with Gasteiger partial charge in [-0.1, -0.05) is 18.2 Å². The molecule has 5 nitrogen and oxygen atoms in total. The molecule has 0 spiro atoms. The average Bonchev–Trinajstić information content (AvgIpc) is 2.55. The zero-order chi connectivity index (χ0) is 18.6. The Morgan fingerprint density at radius 2 is 1.88 bits per heavy atom. The van der Waals surface area contributed by atoms with E-state index in [-0.39, 0.29) is 6.42 Å². The van der Waals surface area contributed by atoms with Crippen LogP contribution in [0.15, 0.2) is 36.4 Å². The largest absolute Gasteiger partial charge is 0.496 e. The van der Waals surface area contributed by atoms with Gasteiger partial charge in [0.05, 0.1) is 13.5 Å². The fourth-order valence-electron chi connectivity index (χ4n) is 2.50. The van der Waals surface area contributed by atoms with Crippen molar-refractivity contribution in [3.05, 3.63) is 64.5 Å². The number of hydrogen-bond acceptors (Lipinski definition) is 3. The number of nitrogens with one attached hydrogen (secondary N) is 1. The minimum absolute atomic E-state index is 0.185. The van der Waals surface area contributed by atoms with Crippen molar-refractivity contribution < 1.29 is 23.8 Å². The van der Waals surface area contributed by atoms with Crippen LogP contribution in [0.5, 0.6) is 5.75 Å². The van der Waals surface area contributed by atoms with Gasteiger partial charge in [0.15, 0.2) is 6.04 Å². The van der Waals surface area contributed by atoms with E-state index in [0.717, 1.165) is 11.1 Å². The summed E-state index contributed by atoms with van der Waals surface area (Å²) in [6, 6.07) is 7.89. The van der Waals surface area contributed by atoms with E-state index in [1.54, 1.807) is 12.1 Å². The molecular weight excluding hydrogens is 325 g/mol. The third kappa shape index (κ3) is 4.56. The number of amides is 1. The van der Waals surface area contributed by atoms with Crippen molar-refractivity contribution in [2.45, 2.75) is 26.3 Å². The van der Waals surface area contributed by atoms with E-state index in [4.69, 9.17) is 4.74 Å². The summed E-state index contributed by atoms with van der Waals surface area (Å²) in [5.74, 6) is -1.82. The molecule has 0 aliphatic heterocycles. The second-order valence-corrected chi connectivity index (χ2v) is 5.82. The van der Waals surface area contributed by atoms with Gasteiger partial charge in [-0.05, 0) is 48.7 Å². The van der Waals surface area contributed by atoms with Crippen LogP contribution in [-0.2, 0) is 16.0 Å². The highest BCUT2D eigenvalue weighted by Gasteiger charge is 2.23. The second kappa shape index (κ2) is 7.79. The highest BCUT2D eigenvalue weighted by atomic mass is 19.1. The number of carbonyl (C=O) groups excluding carboxylic acids is 1. The molecule has 0 radical (unpaired) electrons. The minimum atomic E-state index is -1.17. The fraction of sp³-hybridized carbons (Fsp3) is 0.263. The normalized spacial score (nSPS) is 11.7. The van der Waals surface area contributed by atoms with E-state index in [2.05, 4.69) is 5.32 Å². The Balaban J connectivity index is 2.20. The maximum Gasteiger partial charge on any atom is 0.330 e. The van der Waals surface area contributed by atoms with Crippen LogP contribution in [0, 0.1) is 19.7 Å². The monoisotopic (exact) mass is 345 g/mol. The molecule has 2 aromatic carbocycles. The zero-order valence-electron chi connectivity index (χ0n) is 14.3. The number of benzene rings is 2. The molecule has 0 saturated carbocycles. The first kappa shape index (κ1) is 18.4. The molecule has 6 heteroatoms. The number of hydrogen-bond donors (Lipinski definition) is 2. The number of aliphatic carboxylic acids is 1. The van der Waals surface area contributed by atoms with Crippen molar-refractivity contribution in [2.75, 3.05) is 7.11 Å². The first-order valence-electron chi connectivity index (χ1n) is 7.73. The summed E-state index contributed by atoms with van der Waals surface area (Å²) in [6.07, 6.45) is -0.185. The number of ether oxygens (including phenoxy) is 1. The highest BCUT2D eigenvalue weighted by Crippen LogP contribution is 2.21. The lowest BCUT2D eigenvalue weighted by molar-refractivity contribution is -0.142. The van der Waals surface area contributed by atoms with Crippen molar-refractivity contribution in [1.82, 2.24) is 5.32 Å². The van der Waals surface area contributed by atoms with Gasteiger partial charge in [0.25, 0.3) is 0 Å². The van der Waals surface area contributed by atoms with Crippen molar-refractivity contribution in [3.63, 3.8) is 0 Å². The van der Waals surface area contributed by atoms with E-state index >= 15 is 0 Å². The maximum atomic E-state index is 13.4. The van der Waals surface area contributed by atoms with Gasteiger partial charge in [-0.3, -0.25) is 4.79 Å². The van der Waals surface area contributed by atoms with Crippen LogP contribution in [0.2, 0.25) is 0 Å². The van der Waals surface area contributed by atoms with Crippen molar-refractivity contribution in [3.8, 4) is 5.75 Å². The maximum absolute atomic E-state index is 13.4. The molecular formula is C19H20FNO4. The summed E-state index contributed by atoms with van der Waals surface area (Å²) in [5, 5.41) is 11.9. The van der Waals surface area contributed by atoms with Gasteiger partial charge in [-0.2, -0.15) is 0 Å².